The molecule has 0 spiro atoms. The molecule has 0 saturated carbocycles. The summed E-state index contributed by atoms with van der Waals surface area (Å²) >= 11 is 3.54. The zero-order valence-electron chi connectivity index (χ0n) is 9.85. The summed E-state index contributed by atoms with van der Waals surface area (Å²) in [6.07, 6.45) is 0.958. The smallest absolute Gasteiger partial charge is 0.0584 e. The molecule has 0 saturated heterocycles. The second-order valence-electron chi connectivity index (χ2n) is 3.95. The van der Waals surface area contributed by atoms with Gasteiger partial charge in [-0.2, -0.15) is 0 Å². The summed E-state index contributed by atoms with van der Waals surface area (Å²) in [5, 5.41) is 16.8. The third-order valence-corrected chi connectivity index (χ3v) is 4.59. The number of hydrogen-bond donors (Lipinski definition) is 2. The Hall–Kier alpha value is -0.680. The van der Waals surface area contributed by atoms with Crippen molar-refractivity contribution in [3.05, 3.63) is 33.8 Å². The minimum absolute atomic E-state index is 0.208. The van der Waals surface area contributed by atoms with Crippen molar-refractivity contribution < 1.29 is 5.11 Å². The first-order chi connectivity index (χ1) is 8.33. The average molecular weight is 267 g/mol. The zero-order valence-corrected chi connectivity index (χ0v) is 11.5. The van der Waals surface area contributed by atoms with Crippen molar-refractivity contribution in [1.82, 2.24) is 5.32 Å². The molecule has 2 N–H and O–H groups in total. The summed E-state index contributed by atoms with van der Waals surface area (Å²) in [6.45, 7) is 3.13. The zero-order chi connectivity index (χ0) is 12.1. The molecule has 0 aliphatic heterocycles. The number of rotatable bonds is 6. The Balaban J connectivity index is 1.95. The molecule has 0 aliphatic carbocycles. The molecule has 0 bridgehead atoms. The van der Waals surface area contributed by atoms with Crippen LogP contribution >= 0.6 is 22.7 Å². The Bertz CT molecular complexity index is 432. The minimum atomic E-state index is 0.208. The molecule has 0 amide bonds. The molecule has 0 fully saturated rings. The number of aliphatic hydroxyl groups is 1. The Morgan fingerprint density at radius 3 is 2.94 bits per heavy atom. The molecule has 2 nitrogen and oxygen atoms in total. The second kappa shape index (κ2) is 6.31. The predicted octanol–water partition coefficient (Wildman–Crippen LogP) is 3.34. The lowest BCUT2D eigenvalue weighted by atomic mass is 10.2. The molecule has 2 heterocycles. The van der Waals surface area contributed by atoms with Gasteiger partial charge in [0.1, 0.15) is 0 Å². The molecule has 17 heavy (non-hydrogen) atoms. The second-order valence-corrected chi connectivity index (χ2v) is 5.89. The van der Waals surface area contributed by atoms with Gasteiger partial charge in [-0.25, -0.2) is 0 Å². The lowest BCUT2D eigenvalue weighted by Gasteiger charge is -2.12. The summed E-state index contributed by atoms with van der Waals surface area (Å²) in [6, 6.07) is 6.66. The number of aliphatic hydroxyl groups excluding tert-OH is 1. The average Bonchev–Trinajstić information content (AvgIpc) is 3.01. The van der Waals surface area contributed by atoms with Crippen LogP contribution < -0.4 is 5.32 Å². The van der Waals surface area contributed by atoms with Crippen LogP contribution in [0.25, 0.3) is 10.4 Å². The van der Waals surface area contributed by atoms with Crippen LogP contribution in [0.3, 0.4) is 0 Å². The van der Waals surface area contributed by atoms with E-state index in [1.807, 2.05) is 0 Å². The Morgan fingerprint density at radius 1 is 1.41 bits per heavy atom. The molecule has 4 heteroatoms. The van der Waals surface area contributed by atoms with Crippen LogP contribution in [-0.4, -0.2) is 17.8 Å². The summed E-state index contributed by atoms with van der Waals surface area (Å²) < 4.78 is 0. The van der Waals surface area contributed by atoms with E-state index in [4.69, 9.17) is 5.11 Å². The van der Waals surface area contributed by atoms with E-state index in [0.717, 1.165) is 13.0 Å². The van der Waals surface area contributed by atoms with E-state index in [1.165, 1.54) is 15.3 Å². The number of nitrogens with one attached hydrogen (secondary N) is 1. The molecule has 0 radical (unpaired) electrons. The van der Waals surface area contributed by atoms with Crippen molar-refractivity contribution in [3.8, 4) is 10.4 Å². The monoisotopic (exact) mass is 267 g/mol. The van der Waals surface area contributed by atoms with Crippen LogP contribution in [0.5, 0.6) is 0 Å². The van der Waals surface area contributed by atoms with Gasteiger partial charge in [-0.3, -0.25) is 0 Å². The van der Waals surface area contributed by atoms with Crippen LogP contribution in [0.2, 0.25) is 0 Å². The lowest BCUT2D eigenvalue weighted by molar-refractivity contribution is 0.238. The van der Waals surface area contributed by atoms with Gasteiger partial charge in [0.25, 0.3) is 0 Å². The highest BCUT2D eigenvalue weighted by molar-refractivity contribution is 7.14. The first kappa shape index (κ1) is 12.8. The normalized spacial score (nSPS) is 12.8. The van der Waals surface area contributed by atoms with Gasteiger partial charge in [0.2, 0.25) is 0 Å². The molecule has 0 aliphatic rings. The highest BCUT2D eigenvalue weighted by atomic mass is 32.1. The third kappa shape index (κ3) is 3.39. The molecule has 1 atom stereocenters. The summed E-state index contributed by atoms with van der Waals surface area (Å²) in [4.78, 5) is 2.64. The number of thiophene rings is 2. The fourth-order valence-electron chi connectivity index (χ4n) is 1.63. The van der Waals surface area contributed by atoms with Crippen molar-refractivity contribution in [1.29, 1.82) is 0 Å². The molecule has 2 rings (SSSR count). The van der Waals surface area contributed by atoms with E-state index in [1.54, 1.807) is 22.7 Å². The van der Waals surface area contributed by atoms with Crippen LogP contribution in [0, 0.1) is 0 Å². The largest absolute Gasteiger partial charge is 0.395 e. The summed E-state index contributed by atoms with van der Waals surface area (Å²) in [7, 11) is 0. The van der Waals surface area contributed by atoms with Gasteiger partial charge >= 0.3 is 0 Å². The maximum atomic E-state index is 9.10. The quantitative estimate of drug-likeness (QED) is 0.841. The topological polar surface area (TPSA) is 32.3 Å². The maximum absolute atomic E-state index is 9.10. The molecular formula is C13H17NOS2. The standard InChI is InChI=1S/C13H17NOS2/c1-2-11(8-15)14-7-12-6-10(9-17-12)13-4-3-5-16-13/h3-6,9,11,14-15H,2,7-8H2,1H3/t11-/m0/s1. The third-order valence-electron chi connectivity index (χ3n) is 2.74. The van der Waals surface area contributed by atoms with E-state index in [0.29, 0.717) is 0 Å². The fraction of sp³-hybridized carbons (Fsp3) is 0.385. The van der Waals surface area contributed by atoms with Crippen molar-refractivity contribution >= 4 is 22.7 Å². The van der Waals surface area contributed by atoms with Crippen molar-refractivity contribution in [3.63, 3.8) is 0 Å². The van der Waals surface area contributed by atoms with Gasteiger partial charge in [0, 0.05) is 27.9 Å². The Labute approximate surface area is 110 Å². The first-order valence-electron chi connectivity index (χ1n) is 5.79. The highest BCUT2D eigenvalue weighted by Crippen LogP contribution is 2.29. The molecular weight excluding hydrogens is 250 g/mol. The lowest BCUT2D eigenvalue weighted by Crippen LogP contribution is -2.30. The van der Waals surface area contributed by atoms with E-state index in [-0.39, 0.29) is 12.6 Å². The predicted molar refractivity (Wildman–Crippen MR) is 75.6 cm³/mol. The van der Waals surface area contributed by atoms with Crippen LogP contribution in [0.4, 0.5) is 0 Å². The molecule has 2 aromatic heterocycles. The van der Waals surface area contributed by atoms with Crippen LogP contribution in [0.1, 0.15) is 18.2 Å². The van der Waals surface area contributed by atoms with Crippen LogP contribution in [0.15, 0.2) is 29.0 Å². The van der Waals surface area contributed by atoms with Gasteiger partial charge in [-0.1, -0.05) is 13.0 Å². The summed E-state index contributed by atoms with van der Waals surface area (Å²) in [5.41, 5.74) is 1.30. The molecule has 2 aromatic rings. The van der Waals surface area contributed by atoms with Gasteiger partial charge in [0.15, 0.2) is 0 Å². The van der Waals surface area contributed by atoms with Crippen molar-refractivity contribution in [2.45, 2.75) is 25.9 Å². The fourth-order valence-corrected chi connectivity index (χ4v) is 3.25. The van der Waals surface area contributed by atoms with E-state index in [2.05, 4.69) is 41.2 Å². The first-order valence-corrected chi connectivity index (χ1v) is 7.55. The minimum Gasteiger partial charge on any atom is -0.395 e. The maximum Gasteiger partial charge on any atom is 0.0584 e. The SMILES string of the molecule is CC[C@@H](CO)NCc1cc(-c2cccs2)cs1. The van der Waals surface area contributed by atoms with Gasteiger partial charge in [-0.15, -0.1) is 22.7 Å². The molecule has 0 aromatic carbocycles. The van der Waals surface area contributed by atoms with Crippen molar-refractivity contribution in [2.75, 3.05) is 6.61 Å². The molecule has 0 unspecified atom stereocenters. The van der Waals surface area contributed by atoms with E-state index >= 15 is 0 Å². The van der Waals surface area contributed by atoms with Crippen molar-refractivity contribution in [2.24, 2.45) is 0 Å². The van der Waals surface area contributed by atoms with Gasteiger partial charge in [-0.05, 0) is 29.3 Å². The summed E-state index contributed by atoms with van der Waals surface area (Å²) in [5.74, 6) is 0. The number of hydrogen-bond acceptors (Lipinski definition) is 4. The Morgan fingerprint density at radius 2 is 2.29 bits per heavy atom. The van der Waals surface area contributed by atoms with Gasteiger partial charge in [0.05, 0.1) is 6.61 Å². The van der Waals surface area contributed by atoms with E-state index in [9.17, 15) is 0 Å². The highest BCUT2D eigenvalue weighted by Gasteiger charge is 2.06. The van der Waals surface area contributed by atoms with Gasteiger partial charge < -0.3 is 10.4 Å². The Kier molecular flexibility index (Phi) is 4.74. The van der Waals surface area contributed by atoms with E-state index < -0.39 is 0 Å². The molecule has 92 valence electrons. The van der Waals surface area contributed by atoms with Crippen LogP contribution in [-0.2, 0) is 6.54 Å².